The zero-order chi connectivity index (χ0) is 19.3. The number of oxazole rings is 1. The van der Waals surface area contributed by atoms with Crippen molar-refractivity contribution in [3.63, 3.8) is 0 Å². The summed E-state index contributed by atoms with van der Waals surface area (Å²) in [6.45, 7) is 0. The Morgan fingerprint density at radius 3 is 2.86 bits per heavy atom. The van der Waals surface area contributed by atoms with Crippen molar-refractivity contribution >= 4 is 26.8 Å². The molecule has 4 aromatic rings. The molecule has 1 aliphatic carbocycles. The Hall–Kier alpha value is -3.47. The monoisotopic (exact) mass is 398 g/mol. The lowest BCUT2D eigenvalue weighted by atomic mass is 10.2. The summed E-state index contributed by atoms with van der Waals surface area (Å²) in [6.07, 6.45) is 2.06. The first-order valence-electron chi connectivity index (χ1n) is 8.54. The summed E-state index contributed by atoms with van der Waals surface area (Å²) in [7, 11) is -3.88. The molecule has 0 atom stereocenters. The molecule has 0 amide bonds. The number of rotatable bonds is 5. The van der Waals surface area contributed by atoms with Crippen molar-refractivity contribution in [2.75, 3.05) is 4.72 Å². The highest BCUT2D eigenvalue weighted by Crippen LogP contribution is 2.37. The van der Waals surface area contributed by atoms with Crippen LogP contribution in [0.3, 0.4) is 0 Å². The quantitative estimate of drug-likeness (QED) is 0.524. The van der Waals surface area contributed by atoms with E-state index in [4.69, 9.17) is 4.42 Å². The summed E-state index contributed by atoms with van der Waals surface area (Å²) in [6, 6.07) is 11.3. The molecule has 0 aliphatic heterocycles. The molecule has 0 saturated heterocycles. The molecule has 2 heterocycles. The summed E-state index contributed by atoms with van der Waals surface area (Å²) in [5.74, 6) is -0.0438. The third-order valence-electron chi connectivity index (χ3n) is 4.46. The topological polar surface area (TPSA) is 136 Å². The van der Waals surface area contributed by atoms with Gasteiger partial charge in [0, 0.05) is 17.3 Å². The summed E-state index contributed by atoms with van der Waals surface area (Å²) < 4.78 is 34.7. The van der Waals surface area contributed by atoms with Gasteiger partial charge in [-0.15, -0.1) is 5.10 Å². The first kappa shape index (κ1) is 16.7. The summed E-state index contributed by atoms with van der Waals surface area (Å²) >= 11 is 0. The van der Waals surface area contributed by atoms with Crippen LogP contribution in [0.2, 0.25) is 0 Å². The molecule has 10 nitrogen and oxygen atoms in total. The number of fused-ring (bicyclic) bond motifs is 1. The predicted octanol–water partition coefficient (Wildman–Crippen LogP) is 1.91. The van der Waals surface area contributed by atoms with E-state index < -0.39 is 15.8 Å². The van der Waals surface area contributed by atoms with Crippen LogP contribution in [-0.4, -0.2) is 33.6 Å². The van der Waals surface area contributed by atoms with Gasteiger partial charge in [0.15, 0.2) is 11.4 Å². The van der Waals surface area contributed by atoms with E-state index in [1.54, 1.807) is 22.9 Å². The van der Waals surface area contributed by atoms with Crippen molar-refractivity contribution in [3.8, 4) is 11.4 Å². The van der Waals surface area contributed by atoms with E-state index in [0.717, 1.165) is 12.8 Å². The number of hydrogen-bond acceptors (Lipinski definition) is 7. The second kappa shape index (κ2) is 6.02. The summed E-state index contributed by atoms with van der Waals surface area (Å²) in [5, 5.41) is 11.8. The van der Waals surface area contributed by atoms with Crippen LogP contribution >= 0.6 is 0 Å². The number of aromatic nitrogens is 5. The Kier molecular flexibility index (Phi) is 3.59. The largest absolute Gasteiger partial charge is 0.417 e. The number of aromatic amines is 1. The minimum atomic E-state index is -3.88. The average Bonchev–Trinajstić information content (AvgIpc) is 3.25. The Bertz CT molecular complexity index is 1350. The fourth-order valence-corrected chi connectivity index (χ4v) is 4.04. The van der Waals surface area contributed by atoms with Crippen molar-refractivity contribution in [1.82, 2.24) is 25.2 Å². The van der Waals surface area contributed by atoms with E-state index in [0.29, 0.717) is 28.6 Å². The van der Waals surface area contributed by atoms with Gasteiger partial charge in [-0.2, -0.15) is 0 Å². The summed E-state index contributed by atoms with van der Waals surface area (Å²) in [4.78, 5) is 13.7. The van der Waals surface area contributed by atoms with E-state index in [-0.39, 0.29) is 10.5 Å². The summed E-state index contributed by atoms with van der Waals surface area (Å²) in [5.41, 5.74) is 1.69. The molecule has 1 fully saturated rings. The van der Waals surface area contributed by atoms with E-state index in [1.807, 2.05) is 6.07 Å². The number of benzene rings is 2. The van der Waals surface area contributed by atoms with Gasteiger partial charge >= 0.3 is 5.76 Å². The molecule has 2 aromatic carbocycles. The standard InChI is InChI=1S/C17H14N6O4S/c24-17-18-14-7-6-13(9-15(14)27-17)28(25,26)20-11-3-1-2-10(8-11)16-19-21-22-23(16)12-4-5-12/h1-3,6-9,12,20H,4-5H2,(H,18,24). The number of nitrogens with one attached hydrogen (secondary N) is 2. The molecule has 0 spiro atoms. The Morgan fingerprint density at radius 1 is 1.18 bits per heavy atom. The minimum Gasteiger partial charge on any atom is -0.408 e. The van der Waals surface area contributed by atoms with Gasteiger partial charge in [0.2, 0.25) is 0 Å². The van der Waals surface area contributed by atoms with Gasteiger partial charge in [-0.25, -0.2) is 17.9 Å². The van der Waals surface area contributed by atoms with Crippen molar-refractivity contribution < 1.29 is 12.8 Å². The number of H-pyrrole nitrogens is 1. The molecular formula is C17H14N6O4S. The van der Waals surface area contributed by atoms with Crippen LogP contribution in [0.4, 0.5) is 5.69 Å². The van der Waals surface area contributed by atoms with Gasteiger partial charge in [0.25, 0.3) is 10.0 Å². The Morgan fingerprint density at radius 2 is 2.04 bits per heavy atom. The smallest absolute Gasteiger partial charge is 0.408 e. The molecular weight excluding hydrogens is 384 g/mol. The molecule has 1 saturated carbocycles. The second-order valence-electron chi connectivity index (χ2n) is 6.54. The average molecular weight is 398 g/mol. The Labute approximate surface area is 158 Å². The lowest BCUT2D eigenvalue weighted by Crippen LogP contribution is -2.13. The number of tetrazole rings is 1. The minimum absolute atomic E-state index is 0.0176. The van der Waals surface area contributed by atoms with Gasteiger partial charge in [-0.05, 0) is 47.5 Å². The van der Waals surface area contributed by atoms with Crippen molar-refractivity contribution in [2.24, 2.45) is 0 Å². The van der Waals surface area contributed by atoms with E-state index in [2.05, 4.69) is 25.2 Å². The van der Waals surface area contributed by atoms with Crippen molar-refractivity contribution in [3.05, 3.63) is 53.0 Å². The normalized spacial score (nSPS) is 14.4. The van der Waals surface area contributed by atoms with Gasteiger partial charge < -0.3 is 4.42 Å². The molecule has 142 valence electrons. The highest BCUT2D eigenvalue weighted by atomic mass is 32.2. The number of hydrogen-bond donors (Lipinski definition) is 2. The molecule has 0 unspecified atom stereocenters. The van der Waals surface area contributed by atoms with E-state index in [1.165, 1.54) is 18.2 Å². The number of nitrogens with zero attached hydrogens (tertiary/aromatic N) is 4. The molecule has 11 heteroatoms. The third kappa shape index (κ3) is 2.95. The third-order valence-corrected chi connectivity index (χ3v) is 5.84. The van der Waals surface area contributed by atoms with Crippen LogP contribution in [-0.2, 0) is 10.0 Å². The van der Waals surface area contributed by atoms with Gasteiger partial charge in [-0.1, -0.05) is 12.1 Å². The molecule has 0 radical (unpaired) electrons. The van der Waals surface area contributed by atoms with Crippen LogP contribution in [0.1, 0.15) is 18.9 Å². The lowest BCUT2D eigenvalue weighted by Gasteiger charge is -2.09. The van der Waals surface area contributed by atoms with Crippen LogP contribution < -0.4 is 10.5 Å². The SMILES string of the molecule is O=c1[nH]c2ccc(S(=O)(=O)Nc3cccc(-c4nnnn4C4CC4)c3)cc2o1. The number of sulfonamides is 1. The fraction of sp³-hybridized carbons (Fsp3) is 0.176. The second-order valence-corrected chi connectivity index (χ2v) is 8.22. The first-order chi connectivity index (χ1) is 13.5. The molecule has 0 bridgehead atoms. The lowest BCUT2D eigenvalue weighted by molar-refractivity contribution is 0.554. The fourth-order valence-electron chi connectivity index (χ4n) is 2.98. The zero-order valence-electron chi connectivity index (χ0n) is 14.4. The molecule has 1 aliphatic rings. The Balaban J connectivity index is 1.47. The maximum atomic E-state index is 12.7. The molecule has 2 N–H and O–H groups in total. The highest BCUT2D eigenvalue weighted by Gasteiger charge is 2.28. The molecule has 28 heavy (non-hydrogen) atoms. The molecule has 2 aromatic heterocycles. The van der Waals surface area contributed by atoms with Crippen LogP contribution in [0, 0.1) is 0 Å². The first-order valence-corrected chi connectivity index (χ1v) is 10.0. The van der Waals surface area contributed by atoms with Crippen LogP contribution in [0.15, 0.2) is 56.6 Å². The van der Waals surface area contributed by atoms with Gasteiger partial charge in [-0.3, -0.25) is 9.71 Å². The van der Waals surface area contributed by atoms with E-state index in [9.17, 15) is 13.2 Å². The van der Waals surface area contributed by atoms with Crippen molar-refractivity contribution in [1.29, 1.82) is 0 Å². The van der Waals surface area contributed by atoms with Crippen molar-refractivity contribution in [2.45, 2.75) is 23.8 Å². The molecule has 5 rings (SSSR count). The van der Waals surface area contributed by atoms with Gasteiger partial charge in [0.1, 0.15) is 0 Å². The highest BCUT2D eigenvalue weighted by molar-refractivity contribution is 7.92. The number of anilines is 1. The van der Waals surface area contributed by atoms with Crippen LogP contribution in [0.5, 0.6) is 0 Å². The van der Waals surface area contributed by atoms with Crippen LogP contribution in [0.25, 0.3) is 22.5 Å². The van der Waals surface area contributed by atoms with E-state index >= 15 is 0 Å². The predicted molar refractivity (Wildman–Crippen MR) is 99.2 cm³/mol. The maximum Gasteiger partial charge on any atom is 0.417 e. The zero-order valence-corrected chi connectivity index (χ0v) is 15.2. The maximum absolute atomic E-state index is 12.7. The van der Waals surface area contributed by atoms with Gasteiger partial charge in [0.05, 0.1) is 16.5 Å².